The molecule has 2 aromatic carbocycles. The van der Waals surface area contributed by atoms with Gasteiger partial charge in [0.25, 0.3) is 0 Å². The Labute approximate surface area is 175 Å². The number of halogens is 2. The molecule has 0 aliphatic carbocycles. The van der Waals surface area contributed by atoms with Crippen molar-refractivity contribution in [1.82, 2.24) is 10.2 Å². The minimum absolute atomic E-state index is 0. The molecule has 1 amide bonds. The minimum Gasteiger partial charge on any atom is -0.353 e. The number of nitrogens with zero attached hydrogens (tertiary/aromatic N) is 1. The Kier molecular flexibility index (Phi) is 12.8. The number of nitrogens with one attached hydrogen (secondary N) is 1. The molecule has 6 heteroatoms. The maximum absolute atomic E-state index is 12.4. The van der Waals surface area contributed by atoms with Crippen LogP contribution in [0.4, 0.5) is 0 Å². The fourth-order valence-corrected chi connectivity index (χ4v) is 3.10. The first-order valence-electron chi connectivity index (χ1n) is 9.01. The summed E-state index contributed by atoms with van der Waals surface area (Å²) >= 11 is 0. The first-order chi connectivity index (χ1) is 12.2. The Morgan fingerprint density at radius 2 is 1.48 bits per heavy atom. The summed E-state index contributed by atoms with van der Waals surface area (Å²) in [4.78, 5) is 14.8. The van der Waals surface area contributed by atoms with Gasteiger partial charge in [0.15, 0.2) is 0 Å². The van der Waals surface area contributed by atoms with Gasteiger partial charge in [0.1, 0.15) is 6.04 Å². The quantitative estimate of drug-likeness (QED) is 0.662. The molecule has 0 spiro atoms. The topological polar surface area (TPSA) is 58.4 Å². The van der Waals surface area contributed by atoms with E-state index >= 15 is 0 Å². The molecule has 2 atom stereocenters. The van der Waals surface area contributed by atoms with Crippen molar-refractivity contribution in [1.29, 1.82) is 0 Å². The highest BCUT2D eigenvalue weighted by Gasteiger charge is 2.20. The summed E-state index contributed by atoms with van der Waals surface area (Å²) in [5.74, 6) is -0.128. The number of nitrogens with two attached hydrogens (primary N) is 1. The molecule has 2 rings (SSSR count). The van der Waals surface area contributed by atoms with E-state index in [-0.39, 0.29) is 36.8 Å². The van der Waals surface area contributed by atoms with Crippen molar-refractivity contribution in [2.75, 3.05) is 19.6 Å². The van der Waals surface area contributed by atoms with Gasteiger partial charge in [-0.1, -0.05) is 74.5 Å². The Bertz CT molecular complexity index is 636. The summed E-state index contributed by atoms with van der Waals surface area (Å²) in [5, 5.41) is 3.04. The lowest BCUT2D eigenvalue weighted by atomic mass is 10.0. The molecule has 2 unspecified atom stereocenters. The second-order valence-corrected chi connectivity index (χ2v) is 6.20. The molecule has 0 radical (unpaired) electrons. The number of likely N-dealkylation sites (N-methyl/N-ethyl adjacent to an activating group) is 1. The number of carbonyl (C=O) groups is 1. The number of hydrogen-bond donors (Lipinski definition) is 2. The van der Waals surface area contributed by atoms with E-state index < -0.39 is 6.04 Å². The van der Waals surface area contributed by atoms with Crippen molar-refractivity contribution in [3.8, 4) is 0 Å². The Morgan fingerprint density at radius 3 is 2.00 bits per heavy atom. The molecule has 0 fully saturated rings. The Hall–Kier alpha value is -1.59. The van der Waals surface area contributed by atoms with E-state index in [1.807, 2.05) is 36.4 Å². The van der Waals surface area contributed by atoms with E-state index in [0.29, 0.717) is 6.54 Å². The third kappa shape index (κ3) is 7.89. The van der Waals surface area contributed by atoms with E-state index in [4.69, 9.17) is 5.73 Å². The fourth-order valence-electron chi connectivity index (χ4n) is 3.10. The zero-order chi connectivity index (χ0) is 18.1. The lowest BCUT2D eigenvalue weighted by molar-refractivity contribution is -0.122. The molecule has 2 aromatic rings. The number of benzene rings is 2. The monoisotopic (exact) mass is 411 g/mol. The summed E-state index contributed by atoms with van der Waals surface area (Å²) in [6.45, 7) is 6.80. The first-order valence-corrected chi connectivity index (χ1v) is 9.01. The van der Waals surface area contributed by atoms with Crippen LogP contribution in [0.15, 0.2) is 60.7 Å². The fraction of sp³-hybridized carbons (Fsp3) is 0.381. The van der Waals surface area contributed by atoms with Gasteiger partial charge in [0.2, 0.25) is 5.91 Å². The van der Waals surface area contributed by atoms with Crippen LogP contribution in [0.1, 0.15) is 31.0 Å². The zero-order valence-corrected chi connectivity index (χ0v) is 17.6. The van der Waals surface area contributed by atoms with Crippen LogP contribution in [0.2, 0.25) is 0 Å². The van der Waals surface area contributed by atoms with Crippen LogP contribution in [0.3, 0.4) is 0 Å². The third-order valence-electron chi connectivity index (χ3n) is 4.60. The van der Waals surface area contributed by atoms with Crippen LogP contribution in [-0.2, 0) is 11.2 Å². The molecule has 27 heavy (non-hydrogen) atoms. The van der Waals surface area contributed by atoms with Crippen LogP contribution < -0.4 is 11.1 Å². The molecule has 0 aliphatic rings. The highest BCUT2D eigenvalue weighted by molar-refractivity contribution is 5.85. The second-order valence-electron chi connectivity index (χ2n) is 6.20. The van der Waals surface area contributed by atoms with Crippen molar-refractivity contribution >= 4 is 30.7 Å². The molecule has 0 heterocycles. The average Bonchev–Trinajstić information content (AvgIpc) is 2.67. The van der Waals surface area contributed by atoms with E-state index in [9.17, 15) is 4.79 Å². The number of amides is 1. The van der Waals surface area contributed by atoms with Crippen LogP contribution in [-0.4, -0.2) is 36.5 Å². The van der Waals surface area contributed by atoms with Crippen LogP contribution in [0, 0.1) is 0 Å². The molecule has 0 bridgehead atoms. The number of hydrogen-bond acceptors (Lipinski definition) is 3. The van der Waals surface area contributed by atoms with Crippen LogP contribution in [0.25, 0.3) is 0 Å². The Balaban J connectivity index is 0.00000338. The zero-order valence-electron chi connectivity index (χ0n) is 16.0. The lowest BCUT2D eigenvalue weighted by Gasteiger charge is -2.30. The largest absolute Gasteiger partial charge is 0.353 e. The van der Waals surface area contributed by atoms with Crippen molar-refractivity contribution < 1.29 is 4.79 Å². The third-order valence-corrected chi connectivity index (χ3v) is 4.60. The molecule has 0 aliphatic heterocycles. The van der Waals surface area contributed by atoms with Gasteiger partial charge in [-0.05, 0) is 30.6 Å². The smallest absolute Gasteiger partial charge is 0.241 e. The second kappa shape index (κ2) is 13.6. The standard InChI is InChI=1S/C21H29N3O.2ClH/c1-3-24(4-2)19(15-17-11-7-5-8-12-17)16-23-21(25)20(22)18-13-9-6-10-14-18;;/h5-14,19-20H,3-4,15-16,22H2,1-2H3,(H,23,25);2*1H. The predicted molar refractivity (Wildman–Crippen MR) is 118 cm³/mol. The van der Waals surface area contributed by atoms with E-state index in [1.165, 1.54) is 5.56 Å². The maximum atomic E-state index is 12.4. The normalized spacial score (nSPS) is 12.4. The van der Waals surface area contributed by atoms with Gasteiger partial charge < -0.3 is 11.1 Å². The molecule has 150 valence electrons. The summed E-state index contributed by atoms with van der Waals surface area (Å²) in [6.07, 6.45) is 0.906. The lowest BCUT2D eigenvalue weighted by Crippen LogP contribution is -2.47. The van der Waals surface area contributed by atoms with Gasteiger partial charge in [-0.3, -0.25) is 9.69 Å². The van der Waals surface area contributed by atoms with Crippen LogP contribution in [0.5, 0.6) is 0 Å². The molecule has 0 saturated heterocycles. The summed E-state index contributed by atoms with van der Waals surface area (Å²) in [5.41, 5.74) is 8.21. The SMILES string of the molecule is CCN(CC)C(CNC(=O)C(N)c1ccccc1)Cc1ccccc1.Cl.Cl. The average molecular weight is 412 g/mol. The minimum atomic E-state index is -0.629. The maximum Gasteiger partial charge on any atom is 0.241 e. The molecule has 0 aromatic heterocycles. The molecule has 0 saturated carbocycles. The number of carbonyl (C=O) groups excluding carboxylic acids is 1. The van der Waals surface area contributed by atoms with Gasteiger partial charge in [-0.15, -0.1) is 24.8 Å². The Morgan fingerprint density at radius 1 is 0.963 bits per heavy atom. The van der Waals surface area contributed by atoms with Crippen molar-refractivity contribution in [2.24, 2.45) is 5.73 Å². The highest BCUT2D eigenvalue weighted by atomic mass is 35.5. The number of rotatable bonds is 9. The predicted octanol–water partition coefficient (Wildman–Crippen LogP) is 3.60. The van der Waals surface area contributed by atoms with Gasteiger partial charge in [-0.25, -0.2) is 0 Å². The highest BCUT2D eigenvalue weighted by Crippen LogP contribution is 2.11. The molecule has 4 nitrogen and oxygen atoms in total. The summed E-state index contributed by atoms with van der Waals surface area (Å²) in [7, 11) is 0. The van der Waals surface area contributed by atoms with E-state index in [1.54, 1.807) is 0 Å². The van der Waals surface area contributed by atoms with Crippen LogP contribution >= 0.6 is 24.8 Å². The summed E-state index contributed by atoms with van der Waals surface area (Å²) in [6, 6.07) is 19.5. The van der Waals surface area contributed by atoms with Gasteiger partial charge >= 0.3 is 0 Å². The van der Waals surface area contributed by atoms with Crippen molar-refractivity contribution in [3.63, 3.8) is 0 Å². The van der Waals surface area contributed by atoms with E-state index in [0.717, 1.165) is 25.1 Å². The van der Waals surface area contributed by atoms with Gasteiger partial charge in [-0.2, -0.15) is 0 Å². The van der Waals surface area contributed by atoms with Crippen molar-refractivity contribution in [2.45, 2.75) is 32.4 Å². The first kappa shape index (κ1) is 25.4. The van der Waals surface area contributed by atoms with Gasteiger partial charge in [0, 0.05) is 12.6 Å². The molecular weight excluding hydrogens is 381 g/mol. The van der Waals surface area contributed by atoms with Crippen molar-refractivity contribution in [3.05, 3.63) is 71.8 Å². The summed E-state index contributed by atoms with van der Waals surface area (Å²) < 4.78 is 0. The van der Waals surface area contributed by atoms with E-state index in [2.05, 4.69) is 48.3 Å². The molecular formula is C21H31Cl2N3O. The van der Waals surface area contributed by atoms with Gasteiger partial charge in [0.05, 0.1) is 0 Å². The molecule has 3 N–H and O–H groups in total.